The Balaban J connectivity index is 1.30. The number of hydrogen-bond donors (Lipinski definition) is 0. The van der Waals surface area contributed by atoms with Crippen LogP contribution < -0.4 is 0 Å². The van der Waals surface area contributed by atoms with Crippen LogP contribution in [0.1, 0.15) is 22.3 Å². The number of fused-ring (bicyclic) bond motifs is 16. The second-order valence-corrected chi connectivity index (χ2v) is 13.5. The lowest BCUT2D eigenvalue weighted by Gasteiger charge is -2.40. The number of benzene rings is 7. The van der Waals surface area contributed by atoms with E-state index in [1.807, 2.05) is 17.8 Å². The van der Waals surface area contributed by atoms with Gasteiger partial charge in [-0.25, -0.2) is 0 Å². The minimum Gasteiger partial charge on any atom is -0.456 e. The Morgan fingerprint density at radius 3 is 1.93 bits per heavy atom. The number of para-hydroxylation sites is 2. The largest absolute Gasteiger partial charge is 0.456 e. The summed E-state index contributed by atoms with van der Waals surface area (Å²) in [6.07, 6.45) is 0. The number of aromatic nitrogens is 1. The van der Waals surface area contributed by atoms with Crippen LogP contribution in [0.4, 0.5) is 0 Å². The normalized spacial score (nSPS) is 14.2. The maximum absolute atomic E-state index is 6.41. The molecule has 0 N–H and O–H groups in total. The standard InChI is InChI=1S/C43H25NOS/c1-5-15-33-27(11-1)28-12-2-6-16-34(28)43(33)35-17-7-10-20-40(35)46-42-36(43)24-23-32-29-13-3-8-18-37(29)44(41(32)42)26-21-22-31-30-14-4-9-19-38(30)45-39(31)25-26/h1-25H. The van der Waals surface area contributed by atoms with Gasteiger partial charge in [-0.2, -0.15) is 0 Å². The molecule has 214 valence electrons. The van der Waals surface area contributed by atoms with E-state index in [1.165, 1.54) is 65.0 Å². The molecule has 2 nitrogen and oxygen atoms in total. The van der Waals surface area contributed by atoms with Gasteiger partial charge in [-0.1, -0.05) is 127 Å². The van der Waals surface area contributed by atoms with Crippen LogP contribution in [0.25, 0.3) is 60.6 Å². The summed E-state index contributed by atoms with van der Waals surface area (Å²) in [6, 6.07) is 55.7. The predicted molar refractivity (Wildman–Crippen MR) is 189 cm³/mol. The molecule has 0 bridgehead atoms. The van der Waals surface area contributed by atoms with Crippen molar-refractivity contribution in [3.63, 3.8) is 0 Å². The summed E-state index contributed by atoms with van der Waals surface area (Å²) < 4.78 is 8.88. The molecular formula is C43H25NOS. The van der Waals surface area contributed by atoms with Crippen molar-refractivity contribution in [2.45, 2.75) is 15.2 Å². The Morgan fingerprint density at radius 1 is 0.478 bits per heavy atom. The lowest BCUT2D eigenvalue weighted by molar-refractivity contribution is 0.668. The molecule has 9 aromatic rings. The highest BCUT2D eigenvalue weighted by Gasteiger charge is 2.50. The van der Waals surface area contributed by atoms with Crippen LogP contribution in [-0.4, -0.2) is 4.57 Å². The Hall–Kier alpha value is -5.51. The molecule has 0 atom stereocenters. The molecule has 2 aliphatic rings. The average Bonchev–Trinajstić information content (AvgIpc) is 3.75. The molecule has 2 aromatic heterocycles. The van der Waals surface area contributed by atoms with Gasteiger partial charge in [0.1, 0.15) is 11.2 Å². The van der Waals surface area contributed by atoms with Gasteiger partial charge in [0, 0.05) is 43.1 Å². The van der Waals surface area contributed by atoms with Crippen LogP contribution in [0.15, 0.2) is 166 Å². The van der Waals surface area contributed by atoms with Crippen molar-refractivity contribution in [1.82, 2.24) is 4.57 Å². The zero-order valence-electron chi connectivity index (χ0n) is 24.7. The first-order valence-corrected chi connectivity index (χ1v) is 16.6. The molecule has 1 aliphatic heterocycles. The molecule has 7 aromatic carbocycles. The first kappa shape index (κ1) is 24.8. The molecule has 0 unspecified atom stereocenters. The fraction of sp³-hybridized carbons (Fsp3) is 0.0233. The number of nitrogens with zero attached hydrogens (tertiary/aromatic N) is 1. The van der Waals surface area contributed by atoms with E-state index >= 15 is 0 Å². The van der Waals surface area contributed by atoms with Gasteiger partial charge < -0.3 is 8.98 Å². The summed E-state index contributed by atoms with van der Waals surface area (Å²) in [7, 11) is 0. The third kappa shape index (κ3) is 2.95. The third-order valence-corrected chi connectivity index (χ3v) is 11.5. The van der Waals surface area contributed by atoms with E-state index < -0.39 is 5.41 Å². The van der Waals surface area contributed by atoms with Crippen LogP contribution in [0.2, 0.25) is 0 Å². The van der Waals surface area contributed by atoms with Gasteiger partial charge in [-0.15, -0.1) is 0 Å². The summed E-state index contributed by atoms with van der Waals surface area (Å²) in [4.78, 5) is 2.61. The number of hydrogen-bond acceptors (Lipinski definition) is 2. The van der Waals surface area contributed by atoms with Gasteiger partial charge in [0.2, 0.25) is 0 Å². The second kappa shape index (κ2) is 8.81. The van der Waals surface area contributed by atoms with Crippen LogP contribution in [0.3, 0.4) is 0 Å². The van der Waals surface area contributed by atoms with Gasteiger partial charge in [-0.05, 0) is 63.7 Å². The molecule has 46 heavy (non-hydrogen) atoms. The zero-order chi connectivity index (χ0) is 30.0. The molecule has 0 radical (unpaired) electrons. The fourth-order valence-corrected chi connectivity index (χ4v) is 9.81. The summed E-state index contributed by atoms with van der Waals surface area (Å²) in [5.74, 6) is 0. The van der Waals surface area contributed by atoms with E-state index in [1.54, 1.807) is 0 Å². The van der Waals surface area contributed by atoms with E-state index in [-0.39, 0.29) is 0 Å². The van der Waals surface area contributed by atoms with Crippen molar-refractivity contribution < 1.29 is 4.42 Å². The van der Waals surface area contributed by atoms with Gasteiger partial charge in [-0.3, -0.25) is 0 Å². The van der Waals surface area contributed by atoms with Crippen LogP contribution in [0, 0.1) is 0 Å². The Labute approximate surface area is 269 Å². The lowest BCUT2D eigenvalue weighted by atomic mass is 9.67. The van der Waals surface area contributed by atoms with Crippen molar-refractivity contribution in [2.24, 2.45) is 0 Å². The van der Waals surface area contributed by atoms with E-state index in [2.05, 4.69) is 150 Å². The molecule has 3 heteroatoms. The minimum atomic E-state index is -0.414. The maximum atomic E-state index is 6.41. The second-order valence-electron chi connectivity index (χ2n) is 12.4. The van der Waals surface area contributed by atoms with E-state index in [9.17, 15) is 0 Å². The fourth-order valence-electron chi connectivity index (χ4n) is 8.48. The summed E-state index contributed by atoms with van der Waals surface area (Å²) in [5.41, 5.74) is 13.0. The van der Waals surface area contributed by atoms with E-state index in [4.69, 9.17) is 4.42 Å². The smallest absolute Gasteiger partial charge is 0.137 e. The molecule has 11 rings (SSSR count). The third-order valence-electron chi connectivity index (χ3n) is 10.3. The van der Waals surface area contributed by atoms with Gasteiger partial charge >= 0.3 is 0 Å². The van der Waals surface area contributed by atoms with Crippen LogP contribution in [0.5, 0.6) is 0 Å². The molecular weight excluding hydrogens is 579 g/mol. The molecule has 1 spiro atoms. The van der Waals surface area contributed by atoms with E-state index in [0.717, 1.165) is 27.6 Å². The molecule has 1 aliphatic carbocycles. The van der Waals surface area contributed by atoms with Crippen molar-refractivity contribution in [3.8, 4) is 16.8 Å². The molecule has 0 amide bonds. The Kier molecular flexibility index (Phi) is 4.74. The summed E-state index contributed by atoms with van der Waals surface area (Å²) in [6.45, 7) is 0. The van der Waals surface area contributed by atoms with Crippen LogP contribution >= 0.6 is 11.8 Å². The summed E-state index contributed by atoms with van der Waals surface area (Å²) in [5, 5.41) is 4.81. The Morgan fingerprint density at radius 2 is 1.11 bits per heavy atom. The van der Waals surface area contributed by atoms with Gasteiger partial charge in [0.25, 0.3) is 0 Å². The quantitative estimate of drug-likeness (QED) is 0.186. The highest BCUT2D eigenvalue weighted by molar-refractivity contribution is 7.99. The average molecular weight is 604 g/mol. The number of furan rings is 1. The van der Waals surface area contributed by atoms with Crippen LogP contribution in [-0.2, 0) is 5.41 Å². The first-order valence-electron chi connectivity index (χ1n) is 15.8. The van der Waals surface area contributed by atoms with E-state index in [0.29, 0.717) is 0 Å². The minimum absolute atomic E-state index is 0.414. The summed E-state index contributed by atoms with van der Waals surface area (Å²) >= 11 is 1.91. The first-order chi connectivity index (χ1) is 22.8. The van der Waals surface area contributed by atoms with Crippen molar-refractivity contribution in [1.29, 1.82) is 0 Å². The highest BCUT2D eigenvalue weighted by atomic mass is 32.2. The molecule has 0 fully saturated rings. The SMILES string of the molecule is c1ccc2c(c1)Sc1c(ccc3c4ccccc4n(-c4ccc5c(c4)oc4ccccc45)c13)C21c2ccccc2-c2ccccc21. The predicted octanol–water partition coefficient (Wildman–Crippen LogP) is 11.5. The molecule has 0 saturated carbocycles. The van der Waals surface area contributed by atoms with Crippen molar-refractivity contribution in [2.75, 3.05) is 0 Å². The maximum Gasteiger partial charge on any atom is 0.137 e. The van der Waals surface area contributed by atoms with Gasteiger partial charge in [0.15, 0.2) is 0 Å². The topological polar surface area (TPSA) is 18.1 Å². The Bertz CT molecular complexity index is 2700. The molecule has 0 saturated heterocycles. The molecule has 3 heterocycles. The van der Waals surface area contributed by atoms with Crippen molar-refractivity contribution in [3.05, 3.63) is 174 Å². The number of rotatable bonds is 1. The lowest BCUT2D eigenvalue weighted by Crippen LogP contribution is -2.32. The zero-order valence-corrected chi connectivity index (χ0v) is 25.5. The highest BCUT2D eigenvalue weighted by Crippen LogP contribution is 2.63. The monoisotopic (exact) mass is 603 g/mol. The van der Waals surface area contributed by atoms with Crippen molar-refractivity contribution >= 4 is 55.5 Å². The van der Waals surface area contributed by atoms with Gasteiger partial charge in [0.05, 0.1) is 16.4 Å².